The Balaban J connectivity index is 1.82. The van der Waals surface area contributed by atoms with Crippen molar-refractivity contribution in [2.24, 2.45) is 0 Å². The molecule has 0 aromatic heterocycles. The molecule has 5 nitrogen and oxygen atoms in total. The van der Waals surface area contributed by atoms with Crippen molar-refractivity contribution < 1.29 is 14.3 Å². The molecule has 0 heterocycles. The number of ether oxygens (including phenoxy) is 2. The fourth-order valence-electron chi connectivity index (χ4n) is 2.05. The molecule has 0 aliphatic heterocycles. The molecule has 0 saturated heterocycles. The summed E-state index contributed by atoms with van der Waals surface area (Å²) in [6.45, 7) is 0.862. The van der Waals surface area contributed by atoms with Gasteiger partial charge in [-0.05, 0) is 35.4 Å². The minimum absolute atomic E-state index is 0.0711. The molecule has 0 aliphatic carbocycles. The highest BCUT2D eigenvalue weighted by Crippen LogP contribution is 2.12. The van der Waals surface area contributed by atoms with Gasteiger partial charge in [-0.1, -0.05) is 24.3 Å². The summed E-state index contributed by atoms with van der Waals surface area (Å²) in [7, 11) is 1.64. The Bertz CT molecular complexity index is 690. The summed E-state index contributed by atoms with van der Waals surface area (Å²) in [5, 5.41) is 11.5. The number of hydrogen-bond donors (Lipinski definition) is 1. The Morgan fingerprint density at radius 1 is 1.13 bits per heavy atom. The van der Waals surface area contributed by atoms with Crippen LogP contribution in [0.1, 0.15) is 16.7 Å². The van der Waals surface area contributed by atoms with Crippen LogP contribution in [0.4, 0.5) is 0 Å². The van der Waals surface area contributed by atoms with Crippen molar-refractivity contribution in [1.29, 1.82) is 5.26 Å². The smallest absolute Gasteiger partial charge is 0.258 e. The van der Waals surface area contributed by atoms with Gasteiger partial charge in [0.2, 0.25) is 0 Å². The van der Waals surface area contributed by atoms with Gasteiger partial charge in [0.1, 0.15) is 5.75 Å². The molecule has 0 spiro atoms. The van der Waals surface area contributed by atoms with Crippen molar-refractivity contribution in [3.63, 3.8) is 0 Å². The fourth-order valence-corrected chi connectivity index (χ4v) is 2.05. The third kappa shape index (κ3) is 5.13. The predicted octanol–water partition coefficient (Wildman–Crippen LogP) is 2.40. The number of hydrogen-bond acceptors (Lipinski definition) is 4. The molecule has 1 N–H and O–H groups in total. The third-order valence-corrected chi connectivity index (χ3v) is 3.25. The second kappa shape index (κ2) is 8.57. The van der Waals surface area contributed by atoms with Crippen LogP contribution in [0.25, 0.3) is 0 Å². The van der Waals surface area contributed by atoms with Crippen LogP contribution in [0.15, 0.2) is 48.5 Å². The summed E-state index contributed by atoms with van der Waals surface area (Å²) in [6.07, 6.45) is 0. The molecule has 0 saturated carbocycles. The van der Waals surface area contributed by atoms with Gasteiger partial charge in [0.25, 0.3) is 5.91 Å². The molecule has 0 atom stereocenters. The summed E-state index contributed by atoms with van der Waals surface area (Å²) < 4.78 is 10.5. The van der Waals surface area contributed by atoms with Gasteiger partial charge in [0, 0.05) is 13.7 Å². The summed E-state index contributed by atoms with van der Waals surface area (Å²) in [5.74, 6) is 0.348. The highest BCUT2D eigenvalue weighted by molar-refractivity contribution is 5.77. The highest BCUT2D eigenvalue weighted by Gasteiger charge is 2.06. The largest absolute Gasteiger partial charge is 0.484 e. The van der Waals surface area contributed by atoms with Crippen molar-refractivity contribution in [3.8, 4) is 11.8 Å². The number of nitrogens with one attached hydrogen (secondary N) is 1. The van der Waals surface area contributed by atoms with Crippen LogP contribution < -0.4 is 10.1 Å². The zero-order chi connectivity index (χ0) is 16.5. The van der Waals surface area contributed by atoms with E-state index in [-0.39, 0.29) is 12.5 Å². The average molecular weight is 310 g/mol. The Morgan fingerprint density at radius 3 is 2.48 bits per heavy atom. The van der Waals surface area contributed by atoms with E-state index in [0.29, 0.717) is 24.5 Å². The van der Waals surface area contributed by atoms with Crippen LogP contribution in [0.3, 0.4) is 0 Å². The summed E-state index contributed by atoms with van der Waals surface area (Å²) >= 11 is 0. The van der Waals surface area contributed by atoms with E-state index in [0.717, 1.165) is 11.1 Å². The molecule has 0 radical (unpaired) electrons. The quantitative estimate of drug-likeness (QED) is 0.852. The molecule has 2 aromatic carbocycles. The maximum absolute atomic E-state index is 11.9. The molecule has 5 heteroatoms. The zero-order valence-electron chi connectivity index (χ0n) is 12.9. The minimum atomic E-state index is -0.207. The van der Waals surface area contributed by atoms with E-state index in [1.165, 1.54) is 0 Å². The second-order valence-electron chi connectivity index (χ2n) is 4.90. The monoisotopic (exact) mass is 310 g/mol. The Morgan fingerprint density at radius 2 is 1.83 bits per heavy atom. The zero-order valence-corrected chi connectivity index (χ0v) is 12.9. The van der Waals surface area contributed by atoms with Gasteiger partial charge in [-0.25, -0.2) is 0 Å². The van der Waals surface area contributed by atoms with Gasteiger partial charge in [0.05, 0.1) is 18.2 Å². The van der Waals surface area contributed by atoms with E-state index in [9.17, 15) is 4.79 Å². The molecule has 0 aliphatic rings. The van der Waals surface area contributed by atoms with Crippen LogP contribution in [-0.4, -0.2) is 19.6 Å². The van der Waals surface area contributed by atoms with Crippen molar-refractivity contribution in [3.05, 3.63) is 65.2 Å². The lowest BCUT2D eigenvalue weighted by atomic mass is 10.1. The molecule has 0 unspecified atom stereocenters. The normalized spacial score (nSPS) is 9.91. The first-order valence-corrected chi connectivity index (χ1v) is 7.18. The minimum Gasteiger partial charge on any atom is -0.484 e. The summed E-state index contributed by atoms with van der Waals surface area (Å²) in [6, 6.07) is 16.4. The first-order chi connectivity index (χ1) is 11.2. The number of nitriles is 1. The lowest BCUT2D eigenvalue weighted by molar-refractivity contribution is -0.123. The second-order valence-corrected chi connectivity index (χ2v) is 4.90. The van der Waals surface area contributed by atoms with Gasteiger partial charge < -0.3 is 14.8 Å². The Kier molecular flexibility index (Phi) is 6.16. The summed E-state index contributed by atoms with van der Waals surface area (Å²) in [5.41, 5.74) is 2.61. The van der Waals surface area contributed by atoms with Gasteiger partial charge in [-0.3, -0.25) is 4.79 Å². The van der Waals surface area contributed by atoms with E-state index in [1.807, 2.05) is 30.3 Å². The van der Waals surface area contributed by atoms with E-state index in [2.05, 4.69) is 5.32 Å². The molecule has 118 valence electrons. The van der Waals surface area contributed by atoms with Crippen LogP contribution in [0.2, 0.25) is 0 Å². The average Bonchev–Trinajstić information content (AvgIpc) is 2.60. The lowest BCUT2D eigenvalue weighted by Gasteiger charge is -2.11. The van der Waals surface area contributed by atoms with Gasteiger partial charge in [-0.2, -0.15) is 5.26 Å². The van der Waals surface area contributed by atoms with Crippen molar-refractivity contribution in [2.45, 2.75) is 13.2 Å². The molecule has 0 fully saturated rings. The Hall–Kier alpha value is -2.84. The van der Waals surface area contributed by atoms with Crippen LogP contribution in [0.5, 0.6) is 5.75 Å². The fraction of sp³-hybridized carbons (Fsp3) is 0.222. The standard InChI is InChI=1S/C18H18N2O3/c1-22-12-16-5-3-2-4-15(16)11-20-18(21)13-23-17-8-6-14(10-19)7-9-17/h2-9H,11-13H2,1H3,(H,20,21). The van der Waals surface area contributed by atoms with Gasteiger partial charge in [0.15, 0.2) is 6.61 Å². The molecule has 2 aromatic rings. The molecular formula is C18H18N2O3. The van der Waals surface area contributed by atoms with Gasteiger partial charge >= 0.3 is 0 Å². The predicted molar refractivity (Wildman–Crippen MR) is 85.7 cm³/mol. The molecule has 0 bridgehead atoms. The van der Waals surface area contributed by atoms with Crippen molar-refractivity contribution >= 4 is 5.91 Å². The molecule has 23 heavy (non-hydrogen) atoms. The number of carbonyl (C=O) groups excluding carboxylic acids is 1. The Labute approximate surface area is 135 Å². The van der Waals surface area contributed by atoms with Crippen molar-refractivity contribution in [1.82, 2.24) is 5.32 Å². The maximum atomic E-state index is 11.9. The van der Waals surface area contributed by atoms with E-state index in [4.69, 9.17) is 14.7 Å². The third-order valence-electron chi connectivity index (χ3n) is 3.25. The van der Waals surface area contributed by atoms with Crippen LogP contribution in [0, 0.1) is 11.3 Å². The van der Waals surface area contributed by atoms with Crippen LogP contribution >= 0.6 is 0 Å². The number of nitrogens with zero attached hydrogens (tertiary/aromatic N) is 1. The molecular weight excluding hydrogens is 292 g/mol. The van der Waals surface area contributed by atoms with E-state index in [1.54, 1.807) is 31.4 Å². The maximum Gasteiger partial charge on any atom is 0.258 e. The highest BCUT2D eigenvalue weighted by atomic mass is 16.5. The molecule has 2 rings (SSSR count). The topological polar surface area (TPSA) is 71.3 Å². The van der Waals surface area contributed by atoms with Crippen LogP contribution in [-0.2, 0) is 22.7 Å². The first-order valence-electron chi connectivity index (χ1n) is 7.18. The van der Waals surface area contributed by atoms with Gasteiger partial charge in [-0.15, -0.1) is 0 Å². The van der Waals surface area contributed by atoms with E-state index < -0.39 is 0 Å². The SMILES string of the molecule is COCc1ccccc1CNC(=O)COc1ccc(C#N)cc1. The number of methoxy groups -OCH3 is 1. The molecule has 1 amide bonds. The lowest BCUT2D eigenvalue weighted by Crippen LogP contribution is -2.28. The van der Waals surface area contributed by atoms with E-state index >= 15 is 0 Å². The first kappa shape index (κ1) is 16.5. The number of rotatable bonds is 7. The number of amides is 1. The number of carbonyl (C=O) groups is 1. The number of benzene rings is 2. The summed E-state index contributed by atoms with van der Waals surface area (Å²) in [4.78, 5) is 11.9. The van der Waals surface area contributed by atoms with Crippen molar-refractivity contribution in [2.75, 3.05) is 13.7 Å².